The van der Waals surface area contributed by atoms with Crippen molar-refractivity contribution in [3.63, 3.8) is 0 Å². The number of aryl methyl sites for hydroxylation is 1. The molecule has 1 aromatic rings. The molecule has 1 aromatic carbocycles. The second-order valence-electron chi connectivity index (χ2n) is 3.46. The van der Waals surface area contributed by atoms with E-state index in [2.05, 4.69) is 21.2 Å². The van der Waals surface area contributed by atoms with Crippen LogP contribution in [0.3, 0.4) is 0 Å². The number of para-hydroxylation sites is 1. The number of rotatable bonds is 2. The minimum atomic E-state index is -0.407. The van der Waals surface area contributed by atoms with E-state index >= 15 is 0 Å². The van der Waals surface area contributed by atoms with E-state index in [4.69, 9.17) is 11.1 Å². The van der Waals surface area contributed by atoms with Crippen LogP contribution in [0.2, 0.25) is 0 Å². The molecule has 0 aliphatic rings. The average Bonchev–Trinajstić information content (AvgIpc) is 2.23. The van der Waals surface area contributed by atoms with Gasteiger partial charge in [0.25, 0.3) is 0 Å². The van der Waals surface area contributed by atoms with Crippen molar-refractivity contribution < 1.29 is 4.79 Å². The van der Waals surface area contributed by atoms with Crippen molar-refractivity contribution in [2.75, 3.05) is 11.4 Å². The molecule has 0 aromatic heterocycles. The summed E-state index contributed by atoms with van der Waals surface area (Å²) in [4.78, 5) is 13.0. The van der Waals surface area contributed by atoms with Gasteiger partial charge >= 0.3 is 6.03 Å². The van der Waals surface area contributed by atoms with E-state index in [0.717, 1.165) is 14.9 Å². The number of urea groups is 1. The molecular weight excluding hydrogens is 284 g/mol. The Balaban J connectivity index is 3.23. The summed E-state index contributed by atoms with van der Waals surface area (Å²) in [5.41, 5.74) is 6.92. The number of carbonyl (C=O) groups excluding carboxylic acids is 1. The van der Waals surface area contributed by atoms with Gasteiger partial charge in [-0.2, -0.15) is 0 Å². The van der Waals surface area contributed by atoms with Gasteiger partial charge in [0.05, 0.1) is 5.69 Å². The van der Waals surface area contributed by atoms with E-state index in [-0.39, 0.29) is 5.96 Å². The highest BCUT2D eigenvalue weighted by Gasteiger charge is 2.21. The number of guanidine groups is 1. The second-order valence-corrected chi connectivity index (χ2v) is 4.32. The number of hydrogen-bond donors (Lipinski definition) is 3. The van der Waals surface area contributed by atoms with E-state index in [1.54, 1.807) is 6.07 Å². The van der Waals surface area contributed by atoms with Gasteiger partial charge in [0.15, 0.2) is 0 Å². The Morgan fingerprint density at radius 3 is 2.71 bits per heavy atom. The molecule has 0 unspecified atom stereocenters. The Hall–Kier alpha value is -1.56. The molecule has 0 saturated carbocycles. The molecule has 4 N–H and O–H groups in total. The van der Waals surface area contributed by atoms with Crippen molar-refractivity contribution in [2.45, 2.75) is 13.8 Å². The van der Waals surface area contributed by atoms with Crippen LogP contribution >= 0.6 is 15.9 Å². The molecule has 1 rings (SSSR count). The van der Waals surface area contributed by atoms with Gasteiger partial charge < -0.3 is 11.1 Å². The fourth-order valence-electron chi connectivity index (χ4n) is 1.47. The summed E-state index contributed by atoms with van der Waals surface area (Å²) in [6.45, 7) is 4.14. The maximum atomic E-state index is 11.9. The molecule has 92 valence electrons. The van der Waals surface area contributed by atoms with Crippen LogP contribution in [-0.4, -0.2) is 18.5 Å². The zero-order valence-corrected chi connectivity index (χ0v) is 11.3. The molecule has 0 spiro atoms. The van der Waals surface area contributed by atoms with Gasteiger partial charge in [0.1, 0.15) is 0 Å². The van der Waals surface area contributed by atoms with E-state index in [1.807, 2.05) is 26.0 Å². The second kappa shape index (κ2) is 5.67. The van der Waals surface area contributed by atoms with Gasteiger partial charge in [-0.25, -0.2) is 9.69 Å². The molecule has 0 saturated heterocycles. The maximum Gasteiger partial charge on any atom is 0.328 e. The van der Waals surface area contributed by atoms with Crippen LogP contribution in [0.15, 0.2) is 22.7 Å². The lowest BCUT2D eigenvalue weighted by atomic mass is 10.2. The molecule has 0 aliphatic heterocycles. The van der Waals surface area contributed by atoms with Crippen molar-refractivity contribution in [3.05, 3.63) is 28.2 Å². The van der Waals surface area contributed by atoms with E-state index in [9.17, 15) is 4.79 Å². The summed E-state index contributed by atoms with van der Waals surface area (Å²) in [5, 5.41) is 10.1. The summed E-state index contributed by atoms with van der Waals surface area (Å²) in [6, 6.07) is 5.11. The third-order valence-electron chi connectivity index (χ3n) is 2.18. The fourth-order valence-corrected chi connectivity index (χ4v) is 2.11. The van der Waals surface area contributed by atoms with E-state index in [0.29, 0.717) is 12.2 Å². The molecule has 5 nitrogen and oxygen atoms in total. The number of benzene rings is 1. The van der Waals surface area contributed by atoms with E-state index < -0.39 is 6.03 Å². The van der Waals surface area contributed by atoms with E-state index in [1.165, 1.54) is 0 Å². The molecule has 0 aliphatic carbocycles. The third-order valence-corrected chi connectivity index (χ3v) is 2.82. The van der Waals surface area contributed by atoms with Crippen molar-refractivity contribution in [1.82, 2.24) is 5.32 Å². The minimum absolute atomic E-state index is 0.314. The maximum absolute atomic E-state index is 11.9. The Morgan fingerprint density at radius 2 is 2.24 bits per heavy atom. The van der Waals surface area contributed by atoms with Gasteiger partial charge in [0, 0.05) is 11.0 Å². The van der Waals surface area contributed by atoms with Gasteiger partial charge in [-0.05, 0) is 41.4 Å². The van der Waals surface area contributed by atoms with Crippen LogP contribution in [0.1, 0.15) is 12.5 Å². The van der Waals surface area contributed by atoms with Crippen molar-refractivity contribution in [1.29, 1.82) is 5.41 Å². The lowest BCUT2D eigenvalue weighted by molar-refractivity contribution is 0.249. The lowest BCUT2D eigenvalue weighted by Crippen LogP contribution is -2.47. The summed E-state index contributed by atoms with van der Waals surface area (Å²) < 4.78 is 0.721. The van der Waals surface area contributed by atoms with Crippen LogP contribution in [0.4, 0.5) is 10.5 Å². The Kier molecular flexibility index (Phi) is 4.51. The number of carbonyl (C=O) groups is 1. The van der Waals surface area contributed by atoms with Gasteiger partial charge in [-0.1, -0.05) is 12.1 Å². The van der Waals surface area contributed by atoms with Gasteiger partial charge in [-0.3, -0.25) is 5.41 Å². The molecule has 0 atom stereocenters. The first-order chi connectivity index (χ1) is 7.99. The summed E-state index contributed by atoms with van der Waals surface area (Å²) in [5.74, 6) is -0.314. The first-order valence-electron chi connectivity index (χ1n) is 5.16. The van der Waals surface area contributed by atoms with Gasteiger partial charge in [-0.15, -0.1) is 0 Å². The molecule has 0 fully saturated rings. The van der Waals surface area contributed by atoms with Crippen LogP contribution in [0.5, 0.6) is 0 Å². The molecular formula is C11H15BrN4O. The zero-order chi connectivity index (χ0) is 13.0. The van der Waals surface area contributed by atoms with Crippen molar-refractivity contribution in [2.24, 2.45) is 5.73 Å². The number of nitrogens with two attached hydrogens (primary N) is 1. The minimum Gasteiger partial charge on any atom is -0.369 e. The number of amides is 2. The molecule has 2 amide bonds. The largest absolute Gasteiger partial charge is 0.369 e. The first-order valence-corrected chi connectivity index (χ1v) is 5.95. The third kappa shape index (κ3) is 2.97. The number of hydrogen-bond acceptors (Lipinski definition) is 2. The Labute approximate surface area is 109 Å². The van der Waals surface area contributed by atoms with Crippen LogP contribution in [-0.2, 0) is 0 Å². The smallest absolute Gasteiger partial charge is 0.328 e. The lowest BCUT2D eigenvalue weighted by Gasteiger charge is -2.23. The van der Waals surface area contributed by atoms with Crippen molar-refractivity contribution >= 4 is 33.6 Å². The number of nitrogens with zero attached hydrogens (tertiary/aromatic N) is 1. The standard InChI is InChI=1S/C11H15BrN4O/c1-3-15-11(17)16(10(13)14)9-7(2)5-4-6-8(9)12/h4-6H,3H2,1-2H3,(H3,13,14)(H,15,17). The summed E-state index contributed by atoms with van der Waals surface area (Å²) in [6.07, 6.45) is 0. The monoisotopic (exact) mass is 298 g/mol. The zero-order valence-electron chi connectivity index (χ0n) is 9.75. The molecule has 6 heteroatoms. The molecule has 0 radical (unpaired) electrons. The first kappa shape index (κ1) is 13.5. The predicted molar refractivity (Wildman–Crippen MR) is 72.3 cm³/mol. The normalized spacial score (nSPS) is 9.82. The van der Waals surface area contributed by atoms with Crippen LogP contribution in [0.25, 0.3) is 0 Å². The highest BCUT2D eigenvalue weighted by atomic mass is 79.9. The Morgan fingerprint density at radius 1 is 1.59 bits per heavy atom. The molecule has 17 heavy (non-hydrogen) atoms. The van der Waals surface area contributed by atoms with Crippen LogP contribution in [0, 0.1) is 12.3 Å². The van der Waals surface area contributed by atoms with Crippen molar-refractivity contribution in [3.8, 4) is 0 Å². The summed E-state index contributed by atoms with van der Waals surface area (Å²) in [7, 11) is 0. The quantitative estimate of drug-likeness (QED) is 0.578. The fraction of sp³-hybridized carbons (Fsp3) is 0.273. The molecule has 0 bridgehead atoms. The summed E-state index contributed by atoms with van der Waals surface area (Å²) >= 11 is 3.36. The molecule has 0 heterocycles. The topological polar surface area (TPSA) is 82.2 Å². The predicted octanol–water partition coefficient (Wildman–Crippen LogP) is 2.19. The highest BCUT2D eigenvalue weighted by Crippen LogP contribution is 2.29. The number of nitrogens with one attached hydrogen (secondary N) is 2. The SMILES string of the molecule is CCNC(=O)N(C(=N)N)c1c(C)cccc1Br. The number of anilines is 1. The average molecular weight is 299 g/mol. The van der Waals surface area contributed by atoms with Crippen LogP contribution < -0.4 is 16.0 Å². The Bertz CT molecular complexity index is 427. The highest BCUT2D eigenvalue weighted by molar-refractivity contribution is 9.10. The van der Waals surface area contributed by atoms with Gasteiger partial charge in [0.2, 0.25) is 5.96 Å². The number of halogens is 1.